The lowest BCUT2D eigenvalue weighted by Gasteiger charge is -1.91. The van der Waals surface area contributed by atoms with Gasteiger partial charge in [0.05, 0.1) is 11.6 Å². The van der Waals surface area contributed by atoms with E-state index < -0.39 is 0 Å². The number of furan rings is 1. The number of nitrogens with zero attached hydrogens (tertiary/aromatic N) is 1. The van der Waals surface area contributed by atoms with E-state index >= 15 is 0 Å². The molecule has 0 aliphatic carbocycles. The van der Waals surface area contributed by atoms with Crippen molar-refractivity contribution in [3.8, 4) is 0 Å². The van der Waals surface area contributed by atoms with Crippen molar-refractivity contribution in [2.45, 2.75) is 0 Å². The highest BCUT2D eigenvalue weighted by atomic mass is 35.5. The van der Waals surface area contributed by atoms with Crippen molar-refractivity contribution >= 4 is 34.2 Å². The lowest BCUT2D eigenvalue weighted by molar-refractivity contribution is 0.615. The van der Waals surface area contributed by atoms with E-state index in [1.165, 1.54) is 0 Å². The van der Waals surface area contributed by atoms with E-state index in [0.29, 0.717) is 15.9 Å². The van der Waals surface area contributed by atoms with Gasteiger partial charge in [-0.2, -0.15) is 0 Å². The zero-order chi connectivity index (χ0) is 7.84. The predicted molar refractivity (Wildman–Crippen MR) is 44.0 cm³/mol. The highest BCUT2D eigenvalue weighted by Gasteiger charge is 2.03. The smallest absolute Gasteiger partial charge is 0.141 e. The van der Waals surface area contributed by atoms with E-state index in [-0.39, 0.29) is 0 Å². The average Bonchev–Trinajstić information content (AvgIpc) is 2.34. The van der Waals surface area contributed by atoms with E-state index in [9.17, 15) is 0 Å². The van der Waals surface area contributed by atoms with Gasteiger partial charge in [-0.05, 0) is 6.07 Å². The molecule has 0 aliphatic rings. The molecule has 2 rings (SSSR count). The topological polar surface area (TPSA) is 26.0 Å². The van der Waals surface area contributed by atoms with Crippen molar-refractivity contribution in [3.63, 3.8) is 0 Å². The van der Waals surface area contributed by atoms with Crippen molar-refractivity contribution in [2.75, 3.05) is 0 Å². The Hall–Kier alpha value is -0.730. The van der Waals surface area contributed by atoms with E-state index in [0.717, 1.165) is 5.39 Å². The molecule has 2 aromatic heterocycles. The quantitative estimate of drug-likeness (QED) is 0.593. The second-order valence-electron chi connectivity index (χ2n) is 2.07. The second kappa shape index (κ2) is 2.40. The van der Waals surface area contributed by atoms with Gasteiger partial charge in [-0.3, -0.25) is 0 Å². The first-order valence-electron chi connectivity index (χ1n) is 2.96. The number of hydrogen-bond acceptors (Lipinski definition) is 2. The molecule has 0 spiro atoms. The number of hydrogen-bond donors (Lipinski definition) is 0. The molecule has 4 heteroatoms. The molecule has 0 radical (unpaired) electrons. The van der Waals surface area contributed by atoms with Crippen LogP contribution in [0.4, 0.5) is 0 Å². The lowest BCUT2D eigenvalue weighted by Crippen LogP contribution is -1.75. The van der Waals surface area contributed by atoms with Crippen LogP contribution in [0.2, 0.25) is 10.3 Å². The number of aromatic nitrogens is 1. The molecule has 0 aromatic carbocycles. The van der Waals surface area contributed by atoms with Crippen LogP contribution in [0.5, 0.6) is 0 Å². The minimum Gasteiger partial charge on any atom is -0.464 e. The summed E-state index contributed by atoms with van der Waals surface area (Å²) < 4.78 is 5.07. The molecule has 0 saturated heterocycles. The minimum atomic E-state index is 0.345. The lowest BCUT2D eigenvalue weighted by atomic mass is 10.3. The van der Waals surface area contributed by atoms with Crippen LogP contribution in [0.15, 0.2) is 22.8 Å². The third-order valence-electron chi connectivity index (χ3n) is 1.37. The molecule has 0 bridgehead atoms. The maximum absolute atomic E-state index is 5.75. The van der Waals surface area contributed by atoms with Gasteiger partial charge in [-0.25, -0.2) is 4.98 Å². The van der Waals surface area contributed by atoms with Gasteiger partial charge in [-0.1, -0.05) is 23.2 Å². The number of pyridine rings is 1. The van der Waals surface area contributed by atoms with Crippen molar-refractivity contribution < 1.29 is 4.42 Å². The first-order valence-corrected chi connectivity index (χ1v) is 3.72. The van der Waals surface area contributed by atoms with Crippen molar-refractivity contribution in [3.05, 3.63) is 28.7 Å². The SMILES string of the molecule is Clc1cc2occc2c(Cl)n1. The monoisotopic (exact) mass is 187 g/mol. The van der Waals surface area contributed by atoms with Crippen LogP contribution in [0.3, 0.4) is 0 Å². The van der Waals surface area contributed by atoms with Gasteiger partial charge in [0, 0.05) is 6.07 Å². The van der Waals surface area contributed by atoms with Gasteiger partial charge in [0.25, 0.3) is 0 Å². The summed E-state index contributed by atoms with van der Waals surface area (Å²) in [5.74, 6) is 0. The largest absolute Gasteiger partial charge is 0.464 e. The van der Waals surface area contributed by atoms with Gasteiger partial charge in [-0.15, -0.1) is 0 Å². The molecule has 0 atom stereocenters. The second-order valence-corrected chi connectivity index (χ2v) is 2.81. The average molecular weight is 188 g/mol. The van der Waals surface area contributed by atoms with Crippen molar-refractivity contribution in [1.82, 2.24) is 4.98 Å². The molecule has 0 saturated carbocycles. The standard InChI is InChI=1S/C7H3Cl2NO/c8-6-3-5-4(1-2-11-5)7(9)10-6/h1-3H. The molecule has 0 N–H and O–H groups in total. The molecule has 2 heterocycles. The summed E-state index contributed by atoms with van der Waals surface area (Å²) in [6, 6.07) is 3.38. The van der Waals surface area contributed by atoms with Crippen LogP contribution in [0.1, 0.15) is 0 Å². The first kappa shape index (κ1) is 6.95. The molecule has 0 fully saturated rings. The summed E-state index contributed by atoms with van der Waals surface area (Å²) >= 11 is 11.4. The van der Waals surface area contributed by atoms with E-state index in [2.05, 4.69) is 4.98 Å². The Morgan fingerprint density at radius 3 is 3.00 bits per heavy atom. The first-order chi connectivity index (χ1) is 5.27. The Morgan fingerprint density at radius 1 is 1.36 bits per heavy atom. The summed E-state index contributed by atoms with van der Waals surface area (Å²) in [6.45, 7) is 0. The maximum atomic E-state index is 5.75. The number of rotatable bonds is 0. The van der Waals surface area contributed by atoms with Crippen LogP contribution in [0, 0.1) is 0 Å². The van der Waals surface area contributed by atoms with E-state index in [4.69, 9.17) is 27.6 Å². The third kappa shape index (κ3) is 1.08. The van der Waals surface area contributed by atoms with E-state index in [1.807, 2.05) is 0 Å². The van der Waals surface area contributed by atoms with Crippen LogP contribution in [0.25, 0.3) is 11.0 Å². The Morgan fingerprint density at radius 2 is 2.18 bits per heavy atom. The van der Waals surface area contributed by atoms with Gasteiger partial charge >= 0.3 is 0 Å². The van der Waals surface area contributed by atoms with Crippen molar-refractivity contribution in [1.29, 1.82) is 0 Å². The van der Waals surface area contributed by atoms with Crippen LogP contribution >= 0.6 is 23.2 Å². The Balaban J connectivity index is 2.91. The van der Waals surface area contributed by atoms with E-state index in [1.54, 1.807) is 18.4 Å². The molecular weight excluding hydrogens is 185 g/mol. The van der Waals surface area contributed by atoms with Crippen LogP contribution in [-0.4, -0.2) is 4.98 Å². The Kier molecular flexibility index (Phi) is 1.51. The fraction of sp³-hybridized carbons (Fsp3) is 0. The highest BCUT2D eigenvalue weighted by Crippen LogP contribution is 2.24. The minimum absolute atomic E-state index is 0.345. The molecule has 2 nitrogen and oxygen atoms in total. The zero-order valence-corrected chi connectivity index (χ0v) is 6.86. The Labute approximate surface area is 72.7 Å². The molecule has 56 valence electrons. The van der Waals surface area contributed by atoms with Crippen molar-refractivity contribution in [2.24, 2.45) is 0 Å². The predicted octanol–water partition coefficient (Wildman–Crippen LogP) is 3.13. The highest BCUT2D eigenvalue weighted by molar-refractivity contribution is 6.36. The molecule has 0 aliphatic heterocycles. The fourth-order valence-electron chi connectivity index (χ4n) is 0.898. The number of halogens is 2. The Bertz CT molecular complexity index is 396. The third-order valence-corrected chi connectivity index (χ3v) is 1.85. The number of fused-ring (bicyclic) bond motifs is 1. The van der Waals surface area contributed by atoms with Gasteiger partial charge in [0.15, 0.2) is 0 Å². The molecule has 2 aromatic rings. The van der Waals surface area contributed by atoms with Gasteiger partial charge in [0.2, 0.25) is 0 Å². The summed E-state index contributed by atoms with van der Waals surface area (Å²) in [4.78, 5) is 3.84. The maximum Gasteiger partial charge on any atom is 0.141 e. The van der Waals surface area contributed by atoms with Crippen LogP contribution < -0.4 is 0 Å². The summed E-state index contributed by atoms with van der Waals surface area (Å²) in [6.07, 6.45) is 1.55. The molecule has 0 amide bonds. The summed E-state index contributed by atoms with van der Waals surface area (Å²) in [7, 11) is 0. The van der Waals surface area contributed by atoms with Gasteiger partial charge < -0.3 is 4.42 Å². The molecular formula is C7H3Cl2NO. The zero-order valence-electron chi connectivity index (χ0n) is 5.34. The molecule has 0 unspecified atom stereocenters. The van der Waals surface area contributed by atoms with Gasteiger partial charge in [0.1, 0.15) is 15.9 Å². The summed E-state index contributed by atoms with van der Waals surface area (Å²) in [5, 5.41) is 1.51. The normalized spacial score (nSPS) is 10.7. The fourth-order valence-corrected chi connectivity index (χ4v) is 1.37. The molecule has 11 heavy (non-hydrogen) atoms. The van der Waals surface area contributed by atoms with Crippen LogP contribution in [-0.2, 0) is 0 Å². The summed E-state index contributed by atoms with van der Waals surface area (Å²) in [5.41, 5.74) is 0.662.